The predicted octanol–water partition coefficient (Wildman–Crippen LogP) is 23.3. The summed E-state index contributed by atoms with van der Waals surface area (Å²) in [5.41, 5.74) is 16.5. The number of aromatic amines is 2. The third kappa shape index (κ3) is 14.9. The smallest absolute Gasteiger partial charge is 0.418 e. The number of phenols is 2. The lowest BCUT2D eigenvalue weighted by Crippen LogP contribution is -2.27. The Hall–Kier alpha value is -11.8. The molecule has 14 aromatic rings. The van der Waals surface area contributed by atoms with E-state index in [1.54, 1.807) is 26.6 Å². The van der Waals surface area contributed by atoms with Crippen molar-refractivity contribution in [3.63, 3.8) is 0 Å². The van der Waals surface area contributed by atoms with Crippen LogP contribution in [0.1, 0.15) is 147 Å². The first-order valence-corrected chi connectivity index (χ1v) is 36.6. The Labute approximate surface area is 631 Å². The van der Waals surface area contributed by atoms with E-state index in [-0.39, 0.29) is 33.2 Å². The zero-order chi connectivity index (χ0) is 77.5. The van der Waals surface area contributed by atoms with E-state index in [0.717, 1.165) is 99.6 Å². The van der Waals surface area contributed by atoms with Crippen LogP contribution in [0, 0.1) is 0 Å². The first-order valence-electron chi connectivity index (χ1n) is 36.6. The molecule has 0 spiro atoms. The Morgan fingerprint density at radius 1 is 0.343 bits per heavy atom. The number of nitrogens with zero attached hydrogens (tertiary/aromatic N) is 6. The van der Waals surface area contributed by atoms with E-state index >= 15 is 0 Å². The number of benzene rings is 6. The summed E-state index contributed by atoms with van der Waals surface area (Å²) < 4.78 is 27.1. The number of ether oxygens (including phenoxy) is 4. The van der Waals surface area contributed by atoms with E-state index in [2.05, 4.69) is 154 Å². The molecule has 14 rings (SSSR count). The van der Waals surface area contributed by atoms with Gasteiger partial charge in [-0.1, -0.05) is 132 Å². The third-order valence-corrected chi connectivity index (χ3v) is 19.4. The number of carbonyl (C=O) groups is 2. The molecule has 16 heteroatoms. The van der Waals surface area contributed by atoms with Crippen LogP contribution in [0.4, 0.5) is 9.59 Å². The number of rotatable bonds is 10. The van der Waals surface area contributed by atoms with Gasteiger partial charge in [0, 0.05) is 102 Å². The van der Waals surface area contributed by atoms with Crippen molar-refractivity contribution < 1.29 is 38.7 Å². The first kappa shape index (κ1) is 74.5. The molecule has 0 aliphatic rings. The molecule has 8 aromatic heterocycles. The molecule has 552 valence electrons. The summed E-state index contributed by atoms with van der Waals surface area (Å²) in [5, 5.41) is 26.9. The van der Waals surface area contributed by atoms with Gasteiger partial charge in [-0.2, -0.15) is 0 Å². The normalized spacial score (nSPS) is 12.4. The number of H-pyrrole nitrogens is 2. The highest BCUT2D eigenvalue weighted by Crippen LogP contribution is 2.48. The van der Waals surface area contributed by atoms with Crippen molar-refractivity contribution in [2.45, 2.75) is 157 Å². The van der Waals surface area contributed by atoms with E-state index in [9.17, 15) is 19.8 Å². The number of phenolic OH excluding ortho intramolecular Hbond substituents is 2. The summed E-state index contributed by atoms with van der Waals surface area (Å²) in [7, 11) is 3.28. The Kier molecular flexibility index (Phi) is 19.2. The molecular weight excluding hydrogens is 1350 g/mol. The van der Waals surface area contributed by atoms with Crippen LogP contribution < -0.4 is 9.47 Å². The summed E-state index contributed by atoms with van der Waals surface area (Å²) in [6.45, 7) is 37.1. The van der Waals surface area contributed by atoms with Crippen LogP contribution >= 0.6 is 0 Å². The summed E-state index contributed by atoms with van der Waals surface area (Å²) in [5.74, 6) is 1.51. The van der Waals surface area contributed by atoms with Crippen LogP contribution in [0.5, 0.6) is 23.0 Å². The number of aromatic nitrogens is 8. The van der Waals surface area contributed by atoms with Gasteiger partial charge < -0.3 is 39.1 Å². The fraction of sp³-hybridized carbons (Fsp3) is 0.283. The lowest BCUT2D eigenvalue weighted by molar-refractivity contribution is 0.0528. The van der Waals surface area contributed by atoms with Crippen molar-refractivity contribution in [1.82, 2.24) is 39.0 Å². The number of methoxy groups -OCH3 is 2. The van der Waals surface area contributed by atoms with E-state index in [1.807, 2.05) is 163 Å². The molecule has 0 unspecified atom stereocenters. The average molecular weight is 1440 g/mol. The third-order valence-electron chi connectivity index (χ3n) is 19.4. The number of carbonyl (C=O) groups excluding carboxylic acids is 2. The van der Waals surface area contributed by atoms with Gasteiger partial charge in [0.2, 0.25) is 0 Å². The zero-order valence-electron chi connectivity index (χ0n) is 65.5. The van der Waals surface area contributed by atoms with E-state index in [0.29, 0.717) is 67.8 Å². The SMILES string of the molecule is CC(C)(C)c1cc(-c2ccc3ccc4ccc(-c5cc(C(C)(C)C)cc(-c6ccc[nH]6)c5O)nc4c3n2)c(O)c(-c2ccc[nH]2)c1.COc1c(-c2ccc3ccc4ccc(-c5cc(C(C)(C)C)cc(-c6cccn6C(=O)OC(C)(C)C)c5OC)nc4c3n2)cc(C(C)(C)C)cc1-c1cccn1C(=O)OC(C)(C)C. The minimum Gasteiger partial charge on any atom is -0.507 e. The molecule has 0 saturated heterocycles. The standard InChI is InChI=1S/C52H58N4O6.C40H38N4O2/c1-49(2,3)33-27-35(45(59-13)37(29-33)41-17-15-25-55(41)47(57)61-51(7,8)9)39-23-21-31-19-20-32-22-24-40(54-44(32)43(31)53-39)36-28-34(50(4,5)6)30-38(46(36)60-14)42-18-16-26-56(42)48(58)62-52(10,11)12;1-39(2,3)25-19-27(31-9-7-17-41-31)37(45)29(21-25)33-15-13-23-11-12-24-14-16-34(44-36(24)35(23)43-33)30-22-26(40(4,5)6)20-28(38(30)46)32-10-8-18-42-32/h15-30H,1-14H3;7-22,41-42,45-46H,1-6H3. The van der Waals surface area contributed by atoms with Gasteiger partial charge in [0.15, 0.2) is 0 Å². The highest BCUT2D eigenvalue weighted by atomic mass is 16.6. The quantitative estimate of drug-likeness (QED) is 0.0945. The van der Waals surface area contributed by atoms with Crippen molar-refractivity contribution in [1.29, 1.82) is 0 Å². The summed E-state index contributed by atoms with van der Waals surface area (Å²) >= 11 is 0. The minimum atomic E-state index is -0.677. The number of pyridine rings is 4. The maximum absolute atomic E-state index is 13.5. The van der Waals surface area contributed by atoms with Crippen LogP contribution in [0.15, 0.2) is 195 Å². The molecule has 4 N–H and O–H groups in total. The van der Waals surface area contributed by atoms with Gasteiger partial charge in [0.1, 0.15) is 34.2 Å². The summed E-state index contributed by atoms with van der Waals surface area (Å²) in [6, 6.07) is 56.1. The van der Waals surface area contributed by atoms with Crippen LogP contribution in [-0.2, 0) is 31.1 Å². The molecule has 0 radical (unpaired) electrons. The molecule has 108 heavy (non-hydrogen) atoms. The van der Waals surface area contributed by atoms with Gasteiger partial charge in [-0.25, -0.2) is 29.5 Å². The van der Waals surface area contributed by atoms with Crippen molar-refractivity contribution in [2.75, 3.05) is 14.2 Å². The molecule has 0 bridgehead atoms. The second-order valence-electron chi connectivity index (χ2n) is 33.9. The Bertz CT molecular complexity index is 5440. The minimum absolute atomic E-state index is 0.146. The van der Waals surface area contributed by atoms with Crippen LogP contribution in [0.3, 0.4) is 0 Å². The van der Waals surface area contributed by atoms with Crippen LogP contribution in [0.25, 0.3) is 134 Å². The average Bonchev–Trinajstić information content (AvgIpc) is 0.980. The number of hydrogen-bond acceptors (Lipinski definition) is 12. The van der Waals surface area contributed by atoms with Gasteiger partial charge in [0.05, 0.1) is 70.4 Å². The maximum atomic E-state index is 13.5. The summed E-state index contributed by atoms with van der Waals surface area (Å²) in [4.78, 5) is 54.5. The molecule has 0 atom stereocenters. The number of aromatic hydroxyl groups is 2. The van der Waals surface area contributed by atoms with Crippen molar-refractivity contribution >= 4 is 55.8 Å². The Balaban J connectivity index is 0.000000199. The fourth-order valence-corrected chi connectivity index (χ4v) is 13.5. The lowest BCUT2D eigenvalue weighted by atomic mass is 9.83. The van der Waals surface area contributed by atoms with Crippen molar-refractivity contribution in [3.05, 3.63) is 217 Å². The predicted molar refractivity (Wildman–Crippen MR) is 437 cm³/mol. The molecule has 16 nitrogen and oxygen atoms in total. The highest BCUT2D eigenvalue weighted by molar-refractivity contribution is 6.06. The highest BCUT2D eigenvalue weighted by Gasteiger charge is 2.31. The zero-order valence-corrected chi connectivity index (χ0v) is 65.5. The van der Waals surface area contributed by atoms with Gasteiger partial charge in [-0.15, -0.1) is 0 Å². The van der Waals surface area contributed by atoms with Crippen molar-refractivity contribution in [2.24, 2.45) is 0 Å². The molecule has 8 heterocycles. The molecule has 6 aromatic carbocycles. The molecule has 0 aliphatic carbocycles. The number of fused-ring (bicyclic) bond motifs is 6. The Morgan fingerprint density at radius 3 is 0.880 bits per heavy atom. The summed E-state index contributed by atoms with van der Waals surface area (Å²) in [6.07, 6.45) is 6.19. The number of nitrogens with one attached hydrogen (secondary N) is 2. The molecule has 0 amide bonds. The van der Waals surface area contributed by atoms with E-state index in [1.165, 1.54) is 9.13 Å². The Morgan fingerprint density at radius 2 is 0.611 bits per heavy atom. The monoisotopic (exact) mass is 1440 g/mol. The molecule has 0 aliphatic heterocycles. The van der Waals surface area contributed by atoms with Gasteiger partial charge in [0.25, 0.3) is 0 Å². The number of hydrogen-bond donors (Lipinski definition) is 4. The first-order chi connectivity index (χ1) is 50.8. The topological polar surface area (TPSA) is 205 Å². The van der Waals surface area contributed by atoms with Gasteiger partial charge in [-0.3, -0.25) is 9.13 Å². The second-order valence-corrected chi connectivity index (χ2v) is 33.9. The van der Waals surface area contributed by atoms with Gasteiger partial charge >= 0.3 is 12.2 Å². The molecule has 0 fully saturated rings. The fourth-order valence-electron chi connectivity index (χ4n) is 13.5. The molecule has 0 saturated carbocycles. The van der Waals surface area contributed by atoms with E-state index < -0.39 is 23.4 Å². The van der Waals surface area contributed by atoms with E-state index in [4.69, 9.17) is 38.9 Å². The van der Waals surface area contributed by atoms with Crippen molar-refractivity contribution in [3.8, 4) is 113 Å². The van der Waals surface area contributed by atoms with Crippen LogP contribution in [0.2, 0.25) is 0 Å². The second kappa shape index (κ2) is 27.8. The van der Waals surface area contributed by atoms with Crippen LogP contribution in [-0.4, -0.2) is 86.9 Å². The maximum Gasteiger partial charge on any atom is 0.418 e. The van der Waals surface area contributed by atoms with Gasteiger partial charge in [-0.05, 0) is 207 Å². The largest absolute Gasteiger partial charge is 0.507 e. The lowest BCUT2D eigenvalue weighted by Gasteiger charge is -2.25. The molecular formula is C92H96N8O8.